The lowest BCUT2D eigenvalue weighted by Crippen LogP contribution is -1.92. The number of nitrogens with zero attached hydrogens (tertiary/aromatic N) is 3. The van der Waals surface area contributed by atoms with Crippen molar-refractivity contribution >= 4 is 16.5 Å². The Kier molecular flexibility index (Phi) is 1.97. The largest absolute Gasteiger partial charge is 0.375 e. The molecule has 2 heterocycles. The van der Waals surface area contributed by atoms with Crippen molar-refractivity contribution in [2.45, 2.75) is 13.3 Å². The Labute approximate surface area is 79.0 Å². The van der Waals surface area contributed by atoms with Crippen molar-refractivity contribution in [3.05, 3.63) is 22.7 Å². The topological polar surface area (TPSA) is 80.5 Å². The molecule has 0 radical (unpaired) electrons. The zero-order chi connectivity index (χ0) is 9.26. The minimum Gasteiger partial charge on any atom is -0.375 e. The van der Waals surface area contributed by atoms with Crippen molar-refractivity contribution in [2.75, 3.05) is 5.73 Å². The molecular weight excluding hydrogens is 186 g/mol. The molecule has 2 aromatic rings. The SMILES string of the molecule is Cc1nc(Cc2csc(N)n2)n[nH]1. The molecule has 5 nitrogen and oxygen atoms in total. The van der Waals surface area contributed by atoms with E-state index in [1.54, 1.807) is 0 Å². The lowest BCUT2D eigenvalue weighted by atomic mass is 10.3. The van der Waals surface area contributed by atoms with Crippen LogP contribution in [0.15, 0.2) is 5.38 Å². The Morgan fingerprint density at radius 3 is 2.92 bits per heavy atom. The Balaban J connectivity index is 2.14. The molecule has 0 aliphatic heterocycles. The van der Waals surface area contributed by atoms with Gasteiger partial charge in [-0.3, -0.25) is 5.10 Å². The van der Waals surface area contributed by atoms with Gasteiger partial charge in [0.15, 0.2) is 11.0 Å². The fourth-order valence-corrected chi connectivity index (χ4v) is 1.60. The van der Waals surface area contributed by atoms with Gasteiger partial charge < -0.3 is 5.73 Å². The second kappa shape index (κ2) is 3.14. The quantitative estimate of drug-likeness (QED) is 0.740. The van der Waals surface area contributed by atoms with Gasteiger partial charge in [-0.1, -0.05) is 0 Å². The first-order valence-electron chi connectivity index (χ1n) is 3.82. The van der Waals surface area contributed by atoms with Crippen LogP contribution in [-0.2, 0) is 6.42 Å². The summed E-state index contributed by atoms with van der Waals surface area (Å²) in [5.41, 5.74) is 6.41. The molecule has 0 unspecified atom stereocenters. The minimum absolute atomic E-state index is 0.585. The smallest absolute Gasteiger partial charge is 0.180 e. The van der Waals surface area contributed by atoms with Crippen LogP contribution in [-0.4, -0.2) is 20.2 Å². The second-order valence-electron chi connectivity index (χ2n) is 2.69. The molecule has 0 aliphatic carbocycles. The highest BCUT2D eigenvalue weighted by molar-refractivity contribution is 7.13. The number of H-pyrrole nitrogens is 1. The van der Waals surface area contributed by atoms with Crippen LogP contribution in [0.1, 0.15) is 17.3 Å². The number of rotatable bonds is 2. The number of aryl methyl sites for hydroxylation is 1. The molecule has 2 rings (SSSR count). The highest BCUT2D eigenvalue weighted by Crippen LogP contribution is 2.13. The summed E-state index contributed by atoms with van der Waals surface area (Å²) in [6.45, 7) is 1.87. The summed E-state index contributed by atoms with van der Waals surface area (Å²) in [7, 11) is 0. The van der Waals surface area contributed by atoms with Crippen LogP contribution < -0.4 is 5.73 Å². The number of nitrogen functional groups attached to an aromatic ring is 1. The van der Waals surface area contributed by atoms with E-state index in [4.69, 9.17) is 5.73 Å². The Bertz CT molecular complexity index is 366. The first kappa shape index (κ1) is 8.18. The summed E-state index contributed by atoms with van der Waals surface area (Å²) in [5, 5.41) is 9.29. The van der Waals surface area contributed by atoms with Gasteiger partial charge in [0.1, 0.15) is 5.82 Å². The van der Waals surface area contributed by atoms with E-state index in [2.05, 4.69) is 20.2 Å². The highest BCUT2D eigenvalue weighted by atomic mass is 32.1. The molecule has 0 saturated heterocycles. The number of hydrogen-bond acceptors (Lipinski definition) is 5. The van der Waals surface area contributed by atoms with E-state index >= 15 is 0 Å². The van der Waals surface area contributed by atoms with Crippen LogP contribution in [0.5, 0.6) is 0 Å². The second-order valence-corrected chi connectivity index (χ2v) is 3.58. The molecule has 0 fully saturated rings. The molecule has 68 valence electrons. The average Bonchev–Trinajstić information content (AvgIpc) is 2.62. The molecule has 2 aromatic heterocycles. The van der Waals surface area contributed by atoms with Crippen molar-refractivity contribution in [1.82, 2.24) is 20.2 Å². The van der Waals surface area contributed by atoms with Crippen LogP contribution in [0.2, 0.25) is 0 Å². The first-order valence-corrected chi connectivity index (χ1v) is 4.70. The number of nitrogens with one attached hydrogen (secondary N) is 1. The fraction of sp³-hybridized carbons (Fsp3) is 0.286. The minimum atomic E-state index is 0.585. The predicted molar refractivity (Wildman–Crippen MR) is 50.5 cm³/mol. The number of thiazole rings is 1. The fourth-order valence-electron chi connectivity index (χ4n) is 1.03. The molecule has 3 N–H and O–H groups in total. The summed E-state index contributed by atoms with van der Waals surface area (Å²) in [6, 6.07) is 0. The van der Waals surface area contributed by atoms with E-state index in [1.165, 1.54) is 11.3 Å². The molecule has 0 aliphatic rings. The van der Waals surface area contributed by atoms with E-state index < -0.39 is 0 Å². The lowest BCUT2D eigenvalue weighted by Gasteiger charge is -1.87. The Hall–Kier alpha value is -1.43. The summed E-state index contributed by atoms with van der Waals surface area (Å²) in [6.07, 6.45) is 0.637. The maximum atomic E-state index is 5.50. The third kappa shape index (κ3) is 1.83. The van der Waals surface area contributed by atoms with Crippen LogP contribution in [0.3, 0.4) is 0 Å². The summed E-state index contributed by atoms with van der Waals surface area (Å²) >= 11 is 1.43. The monoisotopic (exact) mass is 195 g/mol. The molecule has 13 heavy (non-hydrogen) atoms. The van der Waals surface area contributed by atoms with Crippen molar-refractivity contribution in [3.8, 4) is 0 Å². The Morgan fingerprint density at radius 2 is 2.38 bits per heavy atom. The van der Waals surface area contributed by atoms with Crippen LogP contribution in [0.4, 0.5) is 5.13 Å². The molecule has 0 amide bonds. The van der Waals surface area contributed by atoms with Gasteiger partial charge in [-0.25, -0.2) is 9.97 Å². The van der Waals surface area contributed by atoms with Gasteiger partial charge in [0.25, 0.3) is 0 Å². The predicted octanol–water partition coefficient (Wildman–Crippen LogP) is 0.743. The molecule has 0 atom stereocenters. The molecule has 0 aromatic carbocycles. The van der Waals surface area contributed by atoms with E-state index in [1.807, 2.05) is 12.3 Å². The summed E-state index contributed by atoms with van der Waals surface area (Å²) < 4.78 is 0. The third-order valence-corrected chi connectivity index (χ3v) is 2.27. The maximum absolute atomic E-state index is 5.50. The van der Waals surface area contributed by atoms with Crippen molar-refractivity contribution in [3.63, 3.8) is 0 Å². The normalized spacial score (nSPS) is 10.5. The zero-order valence-electron chi connectivity index (χ0n) is 7.11. The van der Waals surface area contributed by atoms with Gasteiger partial charge in [0.2, 0.25) is 0 Å². The van der Waals surface area contributed by atoms with Crippen LogP contribution in [0.25, 0.3) is 0 Å². The van der Waals surface area contributed by atoms with Crippen molar-refractivity contribution < 1.29 is 0 Å². The van der Waals surface area contributed by atoms with Gasteiger partial charge in [-0.2, -0.15) is 5.10 Å². The molecule has 0 bridgehead atoms. The van der Waals surface area contributed by atoms with E-state index in [0.717, 1.165) is 17.3 Å². The number of aromatic amines is 1. The summed E-state index contributed by atoms with van der Waals surface area (Å²) in [5.74, 6) is 1.57. The molecule has 0 saturated carbocycles. The molecule has 6 heteroatoms. The number of anilines is 1. The molecular formula is C7H9N5S. The first-order chi connectivity index (χ1) is 6.24. The van der Waals surface area contributed by atoms with Gasteiger partial charge in [-0.05, 0) is 6.92 Å². The van der Waals surface area contributed by atoms with Crippen LogP contribution in [0, 0.1) is 6.92 Å². The Morgan fingerprint density at radius 1 is 1.54 bits per heavy atom. The molecule has 0 spiro atoms. The number of hydrogen-bond donors (Lipinski definition) is 2. The number of aromatic nitrogens is 4. The van der Waals surface area contributed by atoms with Crippen LogP contribution >= 0.6 is 11.3 Å². The third-order valence-electron chi connectivity index (χ3n) is 1.55. The average molecular weight is 195 g/mol. The van der Waals surface area contributed by atoms with E-state index in [-0.39, 0.29) is 0 Å². The van der Waals surface area contributed by atoms with E-state index in [9.17, 15) is 0 Å². The maximum Gasteiger partial charge on any atom is 0.180 e. The lowest BCUT2D eigenvalue weighted by molar-refractivity contribution is 0.951. The summed E-state index contributed by atoms with van der Waals surface area (Å²) in [4.78, 5) is 8.29. The standard InChI is InChI=1S/C7H9N5S/c1-4-9-6(12-11-4)2-5-3-13-7(8)10-5/h3H,2H2,1H3,(H2,8,10)(H,9,11,12). The van der Waals surface area contributed by atoms with Gasteiger partial charge in [0.05, 0.1) is 12.1 Å². The highest BCUT2D eigenvalue weighted by Gasteiger charge is 2.04. The van der Waals surface area contributed by atoms with Gasteiger partial charge in [0, 0.05) is 5.38 Å². The van der Waals surface area contributed by atoms with E-state index in [0.29, 0.717) is 11.6 Å². The van der Waals surface area contributed by atoms with Crippen molar-refractivity contribution in [2.24, 2.45) is 0 Å². The van der Waals surface area contributed by atoms with Gasteiger partial charge in [-0.15, -0.1) is 11.3 Å². The van der Waals surface area contributed by atoms with Gasteiger partial charge >= 0.3 is 0 Å². The van der Waals surface area contributed by atoms with Crippen molar-refractivity contribution in [1.29, 1.82) is 0 Å². The number of nitrogens with two attached hydrogens (primary N) is 1. The zero-order valence-corrected chi connectivity index (χ0v) is 7.93.